The highest BCUT2D eigenvalue weighted by molar-refractivity contribution is 6.35. The summed E-state index contributed by atoms with van der Waals surface area (Å²) >= 11 is 6.60. The maximum absolute atomic E-state index is 13.3. The first-order valence-corrected chi connectivity index (χ1v) is 13.4. The number of fused-ring (bicyclic) bond motifs is 1. The van der Waals surface area contributed by atoms with Gasteiger partial charge >= 0.3 is 18.2 Å². The number of carbonyl (C=O) groups excluding carboxylic acids is 2. The van der Waals surface area contributed by atoms with Gasteiger partial charge in [-0.15, -0.1) is 0 Å². The topological polar surface area (TPSA) is 73.2 Å². The van der Waals surface area contributed by atoms with E-state index in [2.05, 4.69) is 4.90 Å². The molecule has 4 rings (SSSR count). The predicted octanol–water partition coefficient (Wildman–Crippen LogP) is 6.29. The van der Waals surface area contributed by atoms with Gasteiger partial charge in [0.15, 0.2) is 0 Å². The Balaban J connectivity index is 1.73. The first kappa shape index (κ1) is 30.7. The second-order valence-corrected chi connectivity index (χ2v) is 11.3. The number of hydrogen-bond acceptors (Lipinski definition) is 7. The van der Waals surface area contributed by atoms with Crippen molar-refractivity contribution in [2.75, 3.05) is 40.4 Å². The molecule has 3 aromatic rings. The summed E-state index contributed by atoms with van der Waals surface area (Å²) in [5.74, 6) is -0.0134. The Morgan fingerprint density at radius 2 is 1.73 bits per heavy atom. The molecule has 0 radical (unpaired) electrons. The SMILES string of the molecule is COC(=O)c1ccc(C2CN(CC(F)(F)F)CCN2Cc2c(OC)cc(Cl)c3c2ccn3C(=O)OC(C)(C)C)cc1. The van der Waals surface area contributed by atoms with Crippen molar-refractivity contribution in [1.82, 2.24) is 14.4 Å². The van der Waals surface area contributed by atoms with E-state index in [1.165, 1.54) is 23.7 Å². The van der Waals surface area contributed by atoms with Crippen LogP contribution in [0.2, 0.25) is 5.02 Å². The van der Waals surface area contributed by atoms with Crippen molar-refractivity contribution in [3.05, 3.63) is 64.3 Å². The lowest BCUT2D eigenvalue weighted by molar-refractivity contribution is -0.152. The quantitative estimate of drug-likeness (QED) is 0.310. The lowest BCUT2D eigenvalue weighted by Gasteiger charge is -2.42. The van der Waals surface area contributed by atoms with E-state index in [0.717, 1.165) is 11.1 Å². The number of rotatable bonds is 6. The van der Waals surface area contributed by atoms with Gasteiger partial charge in [-0.25, -0.2) is 9.59 Å². The number of benzene rings is 2. The molecule has 1 aliphatic heterocycles. The molecule has 0 amide bonds. The molecule has 1 fully saturated rings. The Hall–Kier alpha value is -3.28. The van der Waals surface area contributed by atoms with E-state index in [0.29, 0.717) is 40.3 Å². The normalized spacial score (nSPS) is 17.0. The zero-order chi connectivity index (χ0) is 30.1. The van der Waals surface area contributed by atoms with E-state index in [-0.39, 0.29) is 13.1 Å². The number of halogens is 4. The summed E-state index contributed by atoms with van der Waals surface area (Å²) in [4.78, 5) is 28.3. The third-order valence-corrected chi connectivity index (χ3v) is 7.15. The molecule has 0 bridgehead atoms. The highest BCUT2D eigenvalue weighted by Crippen LogP contribution is 2.38. The monoisotopic (exact) mass is 595 g/mol. The van der Waals surface area contributed by atoms with Crippen molar-refractivity contribution in [2.24, 2.45) is 0 Å². The van der Waals surface area contributed by atoms with Gasteiger partial charge < -0.3 is 14.2 Å². The molecule has 12 heteroatoms. The van der Waals surface area contributed by atoms with Crippen LogP contribution < -0.4 is 4.74 Å². The van der Waals surface area contributed by atoms with Crippen molar-refractivity contribution in [3.8, 4) is 5.75 Å². The molecular formula is C29H33ClF3N3O5. The van der Waals surface area contributed by atoms with Gasteiger partial charge in [-0.05, 0) is 44.5 Å². The zero-order valence-electron chi connectivity index (χ0n) is 23.5. The molecule has 222 valence electrons. The summed E-state index contributed by atoms with van der Waals surface area (Å²) in [7, 11) is 2.79. The predicted molar refractivity (Wildman–Crippen MR) is 149 cm³/mol. The highest BCUT2D eigenvalue weighted by atomic mass is 35.5. The van der Waals surface area contributed by atoms with Gasteiger partial charge in [0, 0.05) is 55.4 Å². The number of aromatic nitrogens is 1. The van der Waals surface area contributed by atoms with Gasteiger partial charge in [-0.2, -0.15) is 13.2 Å². The second-order valence-electron chi connectivity index (χ2n) is 10.9. The number of ether oxygens (including phenoxy) is 3. The van der Waals surface area contributed by atoms with Gasteiger partial charge in [0.2, 0.25) is 0 Å². The fourth-order valence-corrected chi connectivity index (χ4v) is 5.37. The minimum Gasteiger partial charge on any atom is -0.496 e. The van der Waals surface area contributed by atoms with Crippen molar-refractivity contribution in [3.63, 3.8) is 0 Å². The largest absolute Gasteiger partial charge is 0.496 e. The molecule has 0 saturated carbocycles. The zero-order valence-corrected chi connectivity index (χ0v) is 24.3. The van der Waals surface area contributed by atoms with E-state index in [1.54, 1.807) is 63.4 Å². The van der Waals surface area contributed by atoms with Crippen LogP contribution in [0, 0.1) is 0 Å². The van der Waals surface area contributed by atoms with Crippen LogP contribution in [-0.4, -0.2) is 78.6 Å². The van der Waals surface area contributed by atoms with Gasteiger partial charge in [0.25, 0.3) is 0 Å². The third-order valence-electron chi connectivity index (χ3n) is 6.86. The van der Waals surface area contributed by atoms with Crippen LogP contribution in [0.15, 0.2) is 42.6 Å². The van der Waals surface area contributed by atoms with Gasteiger partial charge in [-0.3, -0.25) is 14.4 Å². The van der Waals surface area contributed by atoms with Crippen LogP contribution in [-0.2, 0) is 16.0 Å². The number of methoxy groups -OCH3 is 2. The molecule has 8 nitrogen and oxygen atoms in total. The molecule has 41 heavy (non-hydrogen) atoms. The van der Waals surface area contributed by atoms with E-state index in [9.17, 15) is 22.8 Å². The maximum atomic E-state index is 13.3. The van der Waals surface area contributed by atoms with Crippen LogP contribution in [0.25, 0.3) is 10.9 Å². The van der Waals surface area contributed by atoms with Crippen LogP contribution in [0.5, 0.6) is 5.75 Å². The summed E-state index contributed by atoms with van der Waals surface area (Å²) < 4.78 is 57.2. The highest BCUT2D eigenvalue weighted by Gasteiger charge is 2.36. The summed E-state index contributed by atoms with van der Waals surface area (Å²) in [5, 5.41) is 0.958. The molecule has 1 atom stereocenters. The lowest BCUT2D eigenvalue weighted by Crippen LogP contribution is -2.50. The second kappa shape index (κ2) is 11.9. The van der Waals surface area contributed by atoms with Crippen LogP contribution in [0.4, 0.5) is 18.0 Å². The fourth-order valence-electron chi connectivity index (χ4n) is 5.07. The number of nitrogens with zero attached hydrogens (tertiary/aromatic N) is 3. The average molecular weight is 596 g/mol. The molecule has 1 aromatic heterocycles. The van der Waals surface area contributed by atoms with E-state index >= 15 is 0 Å². The molecule has 0 spiro atoms. The molecule has 1 saturated heterocycles. The van der Waals surface area contributed by atoms with Crippen molar-refractivity contribution >= 4 is 34.6 Å². The summed E-state index contributed by atoms with van der Waals surface area (Å²) in [6.45, 7) is 5.24. The number of carbonyl (C=O) groups is 2. The average Bonchev–Trinajstić information content (AvgIpc) is 3.35. The summed E-state index contributed by atoms with van der Waals surface area (Å²) in [5.41, 5.74) is 1.55. The van der Waals surface area contributed by atoms with Crippen LogP contribution >= 0.6 is 11.6 Å². The van der Waals surface area contributed by atoms with Gasteiger partial charge in [0.1, 0.15) is 11.4 Å². The fraction of sp³-hybridized carbons (Fsp3) is 0.448. The van der Waals surface area contributed by atoms with E-state index < -0.39 is 36.4 Å². The summed E-state index contributed by atoms with van der Waals surface area (Å²) in [6.07, 6.45) is -3.34. The van der Waals surface area contributed by atoms with Crippen molar-refractivity contribution in [2.45, 2.75) is 45.1 Å². The van der Waals surface area contributed by atoms with Crippen molar-refractivity contribution in [1.29, 1.82) is 0 Å². The molecule has 2 aromatic carbocycles. The molecule has 0 N–H and O–H groups in total. The van der Waals surface area contributed by atoms with E-state index in [1.807, 2.05) is 0 Å². The Bertz CT molecular complexity index is 1420. The van der Waals surface area contributed by atoms with Crippen LogP contribution in [0.3, 0.4) is 0 Å². The van der Waals surface area contributed by atoms with Crippen molar-refractivity contribution < 1.29 is 37.0 Å². The first-order valence-electron chi connectivity index (χ1n) is 13.0. The smallest absolute Gasteiger partial charge is 0.419 e. The number of esters is 1. The Kier molecular flexibility index (Phi) is 8.91. The first-order chi connectivity index (χ1) is 19.2. The minimum absolute atomic E-state index is 0.120. The van der Waals surface area contributed by atoms with Gasteiger partial charge in [0.05, 0.1) is 36.9 Å². The molecule has 2 heterocycles. The Morgan fingerprint density at radius 3 is 2.32 bits per heavy atom. The third kappa shape index (κ3) is 7.14. The molecule has 1 aliphatic rings. The minimum atomic E-state index is -4.34. The van der Waals surface area contributed by atoms with Crippen LogP contribution in [0.1, 0.15) is 48.3 Å². The Labute approximate surface area is 241 Å². The van der Waals surface area contributed by atoms with E-state index in [4.69, 9.17) is 25.8 Å². The molecule has 0 aliphatic carbocycles. The number of alkyl halides is 3. The number of hydrogen-bond donors (Lipinski definition) is 0. The molecule has 1 unspecified atom stereocenters. The lowest BCUT2D eigenvalue weighted by atomic mass is 9.99. The molecular weight excluding hydrogens is 563 g/mol. The number of piperazine rings is 1. The summed E-state index contributed by atoms with van der Waals surface area (Å²) in [6, 6.07) is 9.61. The maximum Gasteiger partial charge on any atom is 0.419 e. The standard InChI is InChI=1S/C29H33ClF3N3O5/c1-28(2,3)41-27(38)36-11-10-20-21(24(39-4)14-22(30)25(20)36)15-35-13-12-34(17-29(31,32)33)16-23(35)18-6-8-19(9-7-18)26(37)40-5/h6-11,14,23H,12-13,15-17H2,1-5H3. The van der Waals surface area contributed by atoms with Gasteiger partial charge in [-0.1, -0.05) is 23.7 Å². The Morgan fingerprint density at radius 1 is 1.05 bits per heavy atom.